The van der Waals surface area contributed by atoms with Crippen molar-refractivity contribution in [3.63, 3.8) is 0 Å². The standard InChI is InChI=1S/C27H29N3/c1-19(2)24-15-26-27(30(18-29(26)5)17-22-12-7-6-8-13-22)16-25(24)28-21(4)23-14-10-9-11-20(23)3/h6-16H,1,17-18H2,2-5H3. The quantitative estimate of drug-likeness (QED) is 0.454. The van der Waals surface area contributed by atoms with Crippen molar-refractivity contribution in [3.8, 4) is 0 Å². The molecule has 3 aromatic rings. The van der Waals surface area contributed by atoms with Crippen LogP contribution in [0.4, 0.5) is 17.1 Å². The van der Waals surface area contributed by atoms with Crippen LogP contribution in [0.5, 0.6) is 0 Å². The van der Waals surface area contributed by atoms with Crippen LogP contribution in [0.3, 0.4) is 0 Å². The highest BCUT2D eigenvalue weighted by molar-refractivity contribution is 6.02. The Bertz CT molecular complexity index is 1110. The molecule has 1 heterocycles. The SMILES string of the molecule is C=C(C)c1cc2c(cc1N=C(C)c1ccccc1C)N(Cc1ccccc1)CN2C. The molecular formula is C27H29N3. The lowest BCUT2D eigenvalue weighted by molar-refractivity contribution is 0.816. The first-order valence-electron chi connectivity index (χ1n) is 10.4. The molecule has 0 aliphatic carbocycles. The summed E-state index contributed by atoms with van der Waals surface area (Å²) >= 11 is 0. The Morgan fingerprint density at radius 2 is 1.63 bits per heavy atom. The highest BCUT2D eigenvalue weighted by atomic mass is 15.4. The van der Waals surface area contributed by atoms with Gasteiger partial charge in [-0.05, 0) is 55.2 Å². The summed E-state index contributed by atoms with van der Waals surface area (Å²) in [5.74, 6) is 0. The third-order valence-electron chi connectivity index (χ3n) is 5.73. The van der Waals surface area contributed by atoms with Gasteiger partial charge in [0.15, 0.2) is 0 Å². The lowest BCUT2D eigenvalue weighted by Gasteiger charge is -2.20. The van der Waals surface area contributed by atoms with E-state index in [1.54, 1.807) is 0 Å². The van der Waals surface area contributed by atoms with Gasteiger partial charge in [-0.3, -0.25) is 4.99 Å². The van der Waals surface area contributed by atoms with Gasteiger partial charge < -0.3 is 9.80 Å². The fourth-order valence-corrected chi connectivity index (χ4v) is 4.13. The highest BCUT2D eigenvalue weighted by Crippen LogP contribution is 2.42. The number of rotatable bonds is 5. The van der Waals surface area contributed by atoms with E-state index >= 15 is 0 Å². The summed E-state index contributed by atoms with van der Waals surface area (Å²) in [4.78, 5) is 9.78. The fourth-order valence-electron chi connectivity index (χ4n) is 4.13. The normalized spacial score (nSPS) is 13.5. The number of anilines is 2. The number of nitrogens with zero attached hydrogens (tertiary/aromatic N) is 3. The zero-order valence-corrected chi connectivity index (χ0v) is 18.3. The van der Waals surface area contributed by atoms with E-state index in [9.17, 15) is 0 Å². The zero-order valence-electron chi connectivity index (χ0n) is 18.3. The van der Waals surface area contributed by atoms with Crippen molar-refractivity contribution in [2.75, 3.05) is 23.5 Å². The van der Waals surface area contributed by atoms with Crippen LogP contribution in [0, 0.1) is 6.92 Å². The fraction of sp³-hybridized carbons (Fsp3) is 0.222. The third kappa shape index (κ3) is 3.88. The van der Waals surface area contributed by atoms with Gasteiger partial charge in [-0.15, -0.1) is 0 Å². The van der Waals surface area contributed by atoms with E-state index in [2.05, 4.69) is 111 Å². The Hall–Kier alpha value is -3.33. The van der Waals surface area contributed by atoms with Crippen molar-refractivity contribution >= 4 is 28.3 Å². The minimum Gasteiger partial charge on any atom is -0.355 e. The monoisotopic (exact) mass is 395 g/mol. The summed E-state index contributed by atoms with van der Waals surface area (Å²) in [5.41, 5.74) is 10.3. The van der Waals surface area contributed by atoms with E-state index in [0.29, 0.717) is 0 Å². The third-order valence-corrected chi connectivity index (χ3v) is 5.73. The van der Waals surface area contributed by atoms with E-state index in [0.717, 1.165) is 35.7 Å². The second-order valence-electron chi connectivity index (χ2n) is 8.17. The number of fused-ring (bicyclic) bond motifs is 1. The van der Waals surface area contributed by atoms with Crippen LogP contribution < -0.4 is 9.80 Å². The van der Waals surface area contributed by atoms with E-state index in [4.69, 9.17) is 4.99 Å². The molecule has 1 aliphatic heterocycles. The molecule has 3 heteroatoms. The number of hydrogen-bond acceptors (Lipinski definition) is 3. The maximum Gasteiger partial charge on any atom is 0.0904 e. The van der Waals surface area contributed by atoms with Crippen LogP contribution in [0.25, 0.3) is 5.57 Å². The van der Waals surface area contributed by atoms with Gasteiger partial charge in [0, 0.05) is 24.9 Å². The van der Waals surface area contributed by atoms with Gasteiger partial charge in [0.1, 0.15) is 0 Å². The molecule has 3 nitrogen and oxygen atoms in total. The summed E-state index contributed by atoms with van der Waals surface area (Å²) in [5, 5.41) is 0. The Kier molecular flexibility index (Phi) is 5.45. The topological polar surface area (TPSA) is 18.8 Å². The predicted molar refractivity (Wildman–Crippen MR) is 130 cm³/mol. The number of aliphatic imine (C=N–C) groups is 1. The van der Waals surface area contributed by atoms with Crippen molar-refractivity contribution < 1.29 is 0 Å². The summed E-state index contributed by atoms with van der Waals surface area (Å²) in [7, 11) is 2.15. The molecule has 0 atom stereocenters. The molecule has 152 valence electrons. The summed E-state index contributed by atoms with van der Waals surface area (Å²) in [6, 6.07) is 23.5. The molecule has 0 aromatic heterocycles. The molecule has 0 saturated heterocycles. The van der Waals surface area contributed by atoms with Gasteiger partial charge in [-0.1, -0.05) is 61.2 Å². The Morgan fingerprint density at radius 3 is 2.33 bits per heavy atom. The lowest BCUT2D eigenvalue weighted by atomic mass is 10.0. The summed E-state index contributed by atoms with van der Waals surface area (Å²) in [6.07, 6.45) is 0. The first-order valence-corrected chi connectivity index (χ1v) is 10.4. The molecule has 0 unspecified atom stereocenters. The molecule has 0 N–H and O–H groups in total. The van der Waals surface area contributed by atoms with Crippen LogP contribution in [-0.2, 0) is 6.54 Å². The Labute approximate surface area is 180 Å². The number of benzene rings is 3. The average molecular weight is 396 g/mol. The smallest absolute Gasteiger partial charge is 0.0904 e. The summed E-state index contributed by atoms with van der Waals surface area (Å²) < 4.78 is 0. The van der Waals surface area contributed by atoms with Crippen molar-refractivity contribution in [1.82, 2.24) is 0 Å². The van der Waals surface area contributed by atoms with Gasteiger partial charge in [0.2, 0.25) is 0 Å². The molecule has 3 aromatic carbocycles. The zero-order chi connectivity index (χ0) is 21.3. The van der Waals surface area contributed by atoms with Crippen molar-refractivity contribution in [3.05, 3.63) is 95.6 Å². The van der Waals surface area contributed by atoms with Crippen molar-refractivity contribution in [2.24, 2.45) is 4.99 Å². The van der Waals surface area contributed by atoms with Gasteiger partial charge in [0.25, 0.3) is 0 Å². The van der Waals surface area contributed by atoms with Crippen molar-refractivity contribution in [2.45, 2.75) is 27.3 Å². The van der Waals surface area contributed by atoms with Crippen LogP contribution in [0.2, 0.25) is 0 Å². The van der Waals surface area contributed by atoms with Crippen LogP contribution >= 0.6 is 0 Å². The molecule has 0 spiro atoms. The van der Waals surface area contributed by atoms with Gasteiger partial charge >= 0.3 is 0 Å². The van der Waals surface area contributed by atoms with E-state index in [-0.39, 0.29) is 0 Å². The molecule has 0 bridgehead atoms. The largest absolute Gasteiger partial charge is 0.355 e. The molecule has 1 aliphatic rings. The molecule has 4 rings (SSSR count). The van der Waals surface area contributed by atoms with Crippen molar-refractivity contribution in [1.29, 1.82) is 0 Å². The lowest BCUT2D eigenvalue weighted by Crippen LogP contribution is -2.27. The average Bonchev–Trinajstić information content (AvgIpc) is 3.03. The van der Waals surface area contributed by atoms with Gasteiger partial charge in [-0.2, -0.15) is 0 Å². The summed E-state index contributed by atoms with van der Waals surface area (Å²) in [6.45, 7) is 12.2. The minimum absolute atomic E-state index is 0.865. The van der Waals surface area contributed by atoms with Crippen LogP contribution in [0.1, 0.15) is 36.1 Å². The minimum atomic E-state index is 0.865. The molecule has 0 radical (unpaired) electrons. The molecule has 30 heavy (non-hydrogen) atoms. The van der Waals surface area contributed by atoms with Crippen LogP contribution in [-0.4, -0.2) is 19.4 Å². The van der Waals surface area contributed by atoms with E-state index in [1.807, 2.05) is 0 Å². The number of aryl methyl sites for hydroxylation is 1. The van der Waals surface area contributed by atoms with Crippen LogP contribution in [0.15, 0.2) is 78.3 Å². The predicted octanol–water partition coefficient (Wildman–Crippen LogP) is 6.58. The molecule has 0 fully saturated rings. The number of hydrogen-bond donors (Lipinski definition) is 0. The second kappa shape index (κ2) is 8.19. The Balaban J connectivity index is 1.78. The maximum atomic E-state index is 5.07. The van der Waals surface area contributed by atoms with Gasteiger partial charge in [0.05, 0.1) is 23.7 Å². The maximum absolute atomic E-state index is 5.07. The Morgan fingerprint density at radius 1 is 0.933 bits per heavy atom. The van der Waals surface area contributed by atoms with E-state index < -0.39 is 0 Å². The second-order valence-corrected chi connectivity index (χ2v) is 8.17. The molecule has 0 saturated carbocycles. The molecular weight excluding hydrogens is 366 g/mol. The first-order chi connectivity index (χ1) is 14.4. The van der Waals surface area contributed by atoms with E-state index in [1.165, 1.54) is 28.1 Å². The highest BCUT2D eigenvalue weighted by Gasteiger charge is 2.25. The first kappa shape index (κ1) is 20.0. The van der Waals surface area contributed by atoms with Gasteiger partial charge in [-0.25, -0.2) is 0 Å². The molecule has 0 amide bonds. The number of allylic oxidation sites excluding steroid dienone is 1.